The van der Waals surface area contributed by atoms with Gasteiger partial charge in [0.1, 0.15) is 12.4 Å². The number of benzene rings is 1. The monoisotopic (exact) mass is 358 g/mol. The van der Waals surface area contributed by atoms with E-state index in [1.54, 1.807) is 11.3 Å². The van der Waals surface area contributed by atoms with Crippen molar-refractivity contribution in [1.82, 2.24) is 10.2 Å². The molecule has 2 heterocycles. The van der Waals surface area contributed by atoms with E-state index >= 15 is 0 Å². The van der Waals surface area contributed by atoms with Crippen molar-refractivity contribution < 1.29 is 9.53 Å². The molecule has 4 nitrogen and oxygen atoms in total. The fourth-order valence-electron chi connectivity index (χ4n) is 3.16. The Labute approximate surface area is 153 Å². The molecule has 2 aromatic rings. The quantitative estimate of drug-likeness (QED) is 0.770. The number of nitrogens with zero attached hydrogens (tertiary/aromatic N) is 1. The molecular weight excluding hydrogens is 332 g/mol. The summed E-state index contributed by atoms with van der Waals surface area (Å²) in [5, 5.41) is 5.34. The summed E-state index contributed by atoms with van der Waals surface area (Å²) in [7, 11) is 0. The molecule has 0 aliphatic carbocycles. The molecule has 1 atom stereocenters. The number of fused-ring (bicyclic) bond motifs is 1. The number of nitrogens with one attached hydrogen (secondary N) is 1. The van der Waals surface area contributed by atoms with Gasteiger partial charge in [0.05, 0.1) is 12.6 Å². The maximum absolute atomic E-state index is 12.7. The summed E-state index contributed by atoms with van der Waals surface area (Å²) in [6.45, 7) is 6.69. The van der Waals surface area contributed by atoms with Crippen LogP contribution in [0, 0.1) is 6.92 Å². The van der Waals surface area contributed by atoms with Crippen LogP contribution in [0.5, 0.6) is 5.75 Å². The van der Waals surface area contributed by atoms with Crippen LogP contribution in [0.4, 0.5) is 0 Å². The van der Waals surface area contributed by atoms with Gasteiger partial charge in [-0.15, -0.1) is 11.3 Å². The Balaban J connectivity index is 1.71. The summed E-state index contributed by atoms with van der Waals surface area (Å²) in [6, 6.07) is 10.2. The van der Waals surface area contributed by atoms with E-state index in [-0.39, 0.29) is 11.9 Å². The van der Waals surface area contributed by atoms with Crippen molar-refractivity contribution in [3.05, 3.63) is 51.7 Å². The van der Waals surface area contributed by atoms with E-state index in [1.165, 1.54) is 16.0 Å². The van der Waals surface area contributed by atoms with Crippen molar-refractivity contribution in [2.24, 2.45) is 0 Å². The highest BCUT2D eigenvalue weighted by Gasteiger charge is 2.31. The molecule has 0 radical (unpaired) electrons. The number of carbonyl (C=O) groups is 1. The first-order chi connectivity index (χ1) is 12.2. The van der Waals surface area contributed by atoms with Gasteiger partial charge >= 0.3 is 0 Å². The van der Waals surface area contributed by atoms with E-state index in [9.17, 15) is 4.79 Å². The van der Waals surface area contributed by atoms with Gasteiger partial charge in [0.25, 0.3) is 0 Å². The van der Waals surface area contributed by atoms with E-state index in [1.807, 2.05) is 29.2 Å². The average molecular weight is 359 g/mol. The standard InChI is InChI=1S/C20H26N2O2S/c1-3-10-21-13-20(23)22-11-8-19-17(9-12-25-19)18(22)14-24-16-6-4-15(2)5-7-16/h4-7,9,12,18,21H,3,8,10-11,13-14H2,1-2H3. The summed E-state index contributed by atoms with van der Waals surface area (Å²) in [5.74, 6) is 1.01. The smallest absolute Gasteiger partial charge is 0.237 e. The zero-order valence-corrected chi connectivity index (χ0v) is 15.8. The second-order valence-electron chi connectivity index (χ2n) is 6.45. The molecule has 1 unspecified atom stereocenters. The van der Waals surface area contributed by atoms with E-state index in [0.717, 1.165) is 31.7 Å². The first kappa shape index (κ1) is 18.0. The van der Waals surface area contributed by atoms with E-state index < -0.39 is 0 Å². The Morgan fingerprint density at radius 3 is 2.88 bits per heavy atom. The Morgan fingerprint density at radius 2 is 2.12 bits per heavy atom. The average Bonchev–Trinajstić information content (AvgIpc) is 3.10. The van der Waals surface area contributed by atoms with Crippen LogP contribution in [0.3, 0.4) is 0 Å². The third-order valence-corrected chi connectivity index (χ3v) is 5.54. The number of rotatable bonds is 7. The normalized spacial score (nSPS) is 16.6. The molecule has 25 heavy (non-hydrogen) atoms. The molecule has 0 saturated carbocycles. The SMILES string of the molecule is CCCNCC(=O)N1CCc2sccc2C1COc1ccc(C)cc1. The number of thiophene rings is 1. The minimum absolute atomic E-state index is 0.00719. The van der Waals surface area contributed by atoms with Crippen molar-refractivity contribution in [3.63, 3.8) is 0 Å². The minimum Gasteiger partial charge on any atom is -0.491 e. The summed E-state index contributed by atoms with van der Waals surface area (Å²) in [5.41, 5.74) is 2.45. The van der Waals surface area contributed by atoms with Crippen LogP contribution in [-0.4, -0.2) is 37.0 Å². The highest BCUT2D eigenvalue weighted by atomic mass is 32.1. The third-order valence-electron chi connectivity index (χ3n) is 4.55. The molecule has 1 N–H and O–H groups in total. The Bertz CT molecular complexity index is 696. The topological polar surface area (TPSA) is 41.6 Å². The van der Waals surface area contributed by atoms with Gasteiger partial charge in [-0.25, -0.2) is 0 Å². The summed E-state index contributed by atoms with van der Waals surface area (Å²) in [6.07, 6.45) is 1.97. The molecular formula is C20H26N2O2S. The lowest BCUT2D eigenvalue weighted by molar-refractivity contribution is -0.133. The molecule has 1 aromatic carbocycles. The van der Waals surface area contributed by atoms with Gasteiger partial charge in [-0.1, -0.05) is 24.6 Å². The van der Waals surface area contributed by atoms with Crippen LogP contribution in [-0.2, 0) is 11.2 Å². The number of hydrogen-bond acceptors (Lipinski definition) is 4. The van der Waals surface area contributed by atoms with Gasteiger partial charge in [0.15, 0.2) is 0 Å². The Morgan fingerprint density at radius 1 is 1.32 bits per heavy atom. The molecule has 1 amide bonds. The van der Waals surface area contributed by atoms with Gasteiger partial charge < -0.3 is 15.0 Å². The van der Waals surface area contributed by atoms with Crippen LogP contribution in [0.25, 0.3) is 0 Å². The van der Waals surface area contributed by atoms with Gasteiger partial charge in [-0.05, 0) is 55.5 Å². The maximum atomic E-state index is 12.7. The summed E-state index contributed by atoms with van der Waals surface area (Å²) in [4.78, 5) is 16.0. The maximum Gasteiger partial charge on any atom is 0.237 e. The van der Waals surface area contributed by atoms with Crippen molar-refractivity contribution in [1.29, 1.82) is 0 Å². The molecule has 0 fully saturated rings. The second kappa shape index (κ2) is 8.50. The summed E-state index contributed by atoms with van der Waals surface area (Å²) < 4.78 is 6.02. The molecule has 5 heteroatoms. The van der Waals surface area contributed by atoms with E-state index in [2.05, 4.69) is 30.6 Å². The lowest BCUT2D eigenvalue weighted by Crippen LogP contribution is -2.45. The molecule has 1 aliphatic rings. The van der Waals surface area contributed by atoms with Gasteiger partial charge in [0, 0.05) is 11.4 Å². The largest absolute Gasteiger partial charge is 0.491 e. The minimum atomic E-state index is -0.00719. The van der Waals surface area contributed by atoms with Crippen molar-refractivity contribution in [3.8, 4) is 5.75 Å². The first-order valence-corrected chi connectivity index (χ1v) is 9.83. The van der Waals surface area contributed by atoms with Crippen LogP contribution in [0.15, 0.2) is 35.7 Å². The fraction of sp³-hybridized carbons (Fsp3) is 0.450. The number of amides is 1. The molecule has 1 aromatic heterocycles. The third kappa shape index (κ3) is 4.41. The highest BCUT2D eigenvalue weighted by Crippen LogP contribution is 2.33. The highest BCUT2D eigenvalue weighted by molar-refractivity contribution is 7.10. The van der Waals surface area contributed by atoms with Crippen molar-refractivity contribution in [2.45, 2.75) is 32.7 Å². The van der Waals surface area contributed by atoms with Crippen LogP contribution >= 0.6 is 11.3 Å². The first-order valence-electron chi connectivity index (χ1n) is 8.95. The van der Waals surface area contributed by atoms with Crippen molar-refractivity contribution >= 4 is 17.2 Å². The van der Waals surface area contributed by atoms with Gasteiger partial charge in [0.2, 0.25) is 5.91 Å². The molecule has 0 bridgehead atoms. The number of hydrogen-bond donors (Lipinski definition) is 1. The molecule has 0 spiro atoms. The summed E-state index contributed by atoms with van der Waals surface area (Å²) >= 11 is 1.78. The second-order valence-corrected chi connectivity index (χ2v) is 7.45. The van der Waals surface area contributed by atoms with Crippen LogP contribution in [0.1, 0.15) is 35.4 Å². The molecule has 134 valence electrons. The Hall–Kier alpha value is -1.85. The lowest BCUT2D eigenvalue weighted by atomic mass is 10.0. The zero-order chi connectivity index (χ0) is 17.6. The van der Waals surface area contributed by atoms with Gasteiger partial charge in [-0.2, -0.15) is 0 Å². The van der Waals surface area contributed by atoms with Crippen LogP contribution < -0.4 is 10.1 Å². The predicted octanol–water partition coefficient (Wildman–Crippen LogP) is 3.56. The van der Waals surface area contributed by atoms with E-state index in [0.29, 0.717) is 13.2 Å². The fourth-order valence-corrected chi connectivity index (χ4v) is 4.09. The zero-order valence-electron chi connectivity index (χ0n) is 15.0. The number of carbonyl (C=O) groups excluding carboxylic acids is 1. The van der Waals surface area contributed by atoms with Crippen molar-refractivity contribution in [2.75, 3.05) is 26.2 Å². The molecule has 3 rings (SSSR count). The lowest BCUT2D eigenvalue weighted by Gasteiger charge is -2.36. The van der Waals surface area contributed by atoms with Crippen LogP contribution in [0.2, 0.25) is 0 Å². The predicted molar refractivity (Wildman–Crippen MR) is 102 cm³/mol. The molecule has 1 aliphatic heterocycles. The number of ether oxygens (including phenoxy) is 1. The number of aryl methyl sites for hydroxylation is 1. The molecule has 0 saturated heterocycles. The van der Waals surface area contributed by atoms with E-state index in [4.69, 9.17) is 4.74 Å². The Kier molecular flexibility index (Phi) is 6.10. The van der Waals surface area contributed by atoms with Gasteiger partial charge in [-0.3, -0.25) is 4.79 Å².